The summed E-state index contributed by atoms with van der Waals surface area (Å²) in [6, 6.07) is 4.64. The Balaban J connectivity index is 2.16. The standard InChI is InChI=1S/C13H20ClN3/c1-16(2)12-6-4-8-17(10-12)13-11(9-14)5-3-7-15-13/h3,5,7,12H,4,6,8-10H2,1-2H3. The molecule has 0 radical (unpaired) electrons. The Morgan fingerprint density at radius 1 is 1.53 bits per heavy atom. The number of anilines is 1. The summed E-state index contributed by atoms with van der Waals surface area (Å²) in [6.45, 7) is 2.14. The molecular weight excluding hydrogens is 234 g/mol. The van der Waals surface area contributed by atoms with Gasteiger partial charge < -0.3 is 9.80 Å². The second kappa shape index (κ2) is 5.69. The van der Waals surface area contributed by atoms with Crippen LogP contribution in [0.3, 0.4) is 0 Å². The van der Waals surface area contributed by atoms with Crippen LogP contribution in [0.25, 0.3) is 0 Å². The summed E-state index contributed by atoms with van der Waals surface area (Å²) in [5.74, 6) is 1.60. The van der Waals surface area contributed by atoms with Gasteiger partial charge in [0.25, 0.3) is 0 Å². The molecule has 17 heavy (non-hydrogen) atoms. The van der Waals surface area contributed by atoms with Crippen LogP contribution in [-0.4, -0.2) is 43.1 Å². The quantitative estimate of drug-likeness (QED) is 0.771. The first-order valence-corrected chi connectivity index (χ1v) is 6.67. The van der Waals surface area contributed by atoms with Gasteiger partial charge in [-0.25, -0.2) is 4.98 Å². The largest absolute Gasteiger partial charge is 0.355 e. The molecule has 2 heterocycles. The first kappa shape index (κ1) is 12.7. The molecule has 0 bridgehead atoms. The van der Waals surface area contributed by atoms with Crippen molar-refractivity contribution in [2.45, 2.75) is 24.8 Å². The lowest BCUT2D eigenvalue weighted by Crippen LogP contribution is -2.45. The lowest BCUT2D eigenvalue weighted by molar-refractivity contribution is 0.257. The molecule has 1 unspecified atom stereocenters. The number of aromatic nitrogens is 1. The summed E-state index contributed by atoms with van der Waals surface area (Å²) >= 11 is 5.97. The van der Waals surface area contributed by atoms with Crippen molar-refractivity contribution in [3.8, 4) is 0 Å². The molecule has 1 atom stereocenters. The zero-order chi connectivity index (χ0) is 12.3. The predicted molar refractivity (Wildman–Crippen MR) is 72.7 cm³/mol. The van der Waals surface area contributed by atoms with E-state index in [0.717, 1.165) is 24.5 Å². The van der Waals surface area contributed by atoms with Gasteiger partial charge in [-0.05, 0) is 33.0 Å². The Hall–Kier alpha value is -0.800. The first-order valence-electron chi connectivity index (χ1n) is 6.13. The number of halogens is 1. The zero-order valence-corrected chi connectivity index (χ0v) is 11.3. The molecule has 1 aliphatic heterocycles. The Morgan fingerprint density at radius 3 is 3.06 bits per heavy atom. The summed E-state index contributed by atoms with van der Waals surface area (Å²) in [4.78, 5) is 9.16. The minimum Gasteiger partial charge on any atom is -0.355 e. The first-order chi connectivity index (χ1) is 8.22. The molecule has 1 aliphatic rings. The van der Waals surface area contributed by atoms with Gasteiger partial charge in [-0.15, -0.1) is 11.6 Å². The highest BCUT2D eigenvalue weighted by molar-refractivity contribution is 6.17. The maximum absolute atomic E-state index is 5.97. The third-order valence-corrected chi connectivity index (χ3v) is 3.73. The maximum atomic E-state index is 5.97. The van der Waals surface area contributed by atoms with Crippen molar-refractivity contribution in [3.05, 3.63) is 23.9 Å². The summed E-state index contributed by atoms with van der Waals surface area (Å²) in [5.41, 5.74) is 1.13. The highest BCUT2D eigenvalue weighted by Gasteiger charge is 2.23. The second-order valence-electron chi connectivity index (χ2n) is 4.83. The van der Waals surface area contributed by atoms with Crippen LogP contribution in [0.2, 0.25) is 0 Å². The van der Waals surface area contributed by atoms with E-state index in [9.17, 15) is 0 Å². The maximum Gasteiger partial charge on any atom is 0.132 e. The van der Waals surface area contributed by atoms with Gasteiger partial charge in [-0.1, -0.05) is 6.07 Å². The lowest BCUT2D eigenvalue weighted by Gasteiger charge is -2.37. The zero-order valence-electron chi connectivity index (χ0n) is 10.6. The number of hydrogen-bond donors (Lipinski definition) is 0. The van der Waals surface area contributed by atoms with Crippen LogP contribution in [-0.2, 0) is 5.88 Å². The van der Waals surface area contributed by atoms with Gasteiger partial charge in [0.15, 0.2) is 0 Å². The van der Waals surface area contributed by atoms with Crippen LogP contribution < -0.4 is 4.90 Å². The number of likely N-dealkylation sites (N-methyl/N-ethyl adjacent to an activating group) is 1. The molecule has 2 rings (SSSR count). The van der Waals surface area contributed by atoms with Crippen LogP contribution >= 0.6 is 11.6 Å². The highest BCUT2D eigenvalue weighted by atomic mass is 35.5. The molecule has 94 valence electrons. The van der Waals surface area contributed by atoms with E-state index in [1.807, 2.05) is 12.3 Å². The van der Waals surface area contributed by atoms with Crippen LogP contribution in [0.15, 0.2) is 18.3 Å². The van der Waals surface area contributed by atoms with E-state index in [0.29, 0.717) is 11.9 Å². The molecule has 1 fully saturated rings. The van der Waals surface area contributed by atoms with Gasteiger partial charge >= 0.3 is 0 Å². The number of hydrogen-bond acceptors (Lipinski definition) is 3. The molecule has 0 amide bonds. The fraction of sp³-hybridized carbons (Fsp3) is 0.615. The van der Waals surface area contributed by atoms with Crippen molar-refractivity contribution in [2.24, 2.45) is 0 Å². The summed E-state index contributed by atoms with van der Waals surface area (Å²) < 4.78 is 0. The third kappa shape index (κ3) is 2.90. The van der Waals surface area contributed by atoms with Crippen LogP contribution in [0.5, 0.6) is 0 Å². The fourth-order valence-corrected chi connectivity index (χ4v) is 2.60. The van der Waals surface area contributed by atoms with E-state index in [2.05, 4.69) is 34.9 Å². The monoisotopic (exact) mass is 253 g/mol. The van der Waals surface area contributed by atoms with E-state index in [4.69, 9.17) is 11.6 Å². The number of piperidine rings is 1. The lowest BCUT2D eigenvalue weighted by atomic mass is 10.0. The average molecular weight is 254 g/mol. The Morgan fingerprint density at radius 2 is 2.35 bits per heavy atom. The van der Waals surface area contributed by atoms with Gasteiger partial charge in [0.05, 0.1) is 5.88 Å². The number of pyridine rings is 1. The van der Waals surface area contributed by atoms with E-state index in [1.54, 1.807) is 0 Å². The normalized spacial score (nSPS) is 20.9. The van der Waals surface area contributed by atoms with Crippen molar-refractivity contribution >= 4 is 17.4 Å². The van der Waals surface area contributed by atoms with Gasteiger partial charge in [0, 0.05) is 30.9 Å². The van der Waals surface area contributed by atoms with Crippen molar-refractivity contribution in [2.75, 3.05) is 32.1 Å². The van der Waals surface area contributed by atoms with Crippen molar-refractivity contribution in [1.29, 1.82) is 0 Å². The third-order valence-electron chi connectivity index (χ3n) is 3.44. The summed E-state index contributed by atoms with van der Waals surface area (Å²) in [7, 11) is 4.30. The molecule has 0 aromatic carbocycles. The molecule has 1 aromatic rings. The number of alkyl halides is 1. The molecular formula is C13H20ClN3. The molecule has 0 saturated carbocycles. The van der Waals surface area contributed by atoms with Crippen molar-refractivity contribution in [1.82, 2.24) is 9.88 Å². The van der Waals surface area contributed by atoms with Gasteiger partial charge in [0.2, 0.25) is 0 Å². The smallest absolute Gasteiger partial charge is 0.132 e. The van der Waals surface area contributed by atoms with Gasteiger partial charge in [-0.3, -0.25) is 0 Å². The Bertz CT molecular complexity index is 367. The SMILES string of the molecule is CN(C)C1CCCN(c2ncccc2CCl)C1. The van der Waals surface area contributed by atoms with Crippen molar-refractivity contribution < 1.29 is 0 Å². The fourth-order valence-electron chi connectivity index (χ4n) is 2.39. The minimum absolute atomic E-state index is 0.534. The minimum atomic E-state index is 0.534. The van der Waals surface area contributed by atoms with Crippen LogP contribution in [0.1, 0.15) is 18.4 Å². The molecule has 4 heteroatoms. The van der Waals surface area contributed by atoms with Crippen LogP contribution in [0.4, 0.5) is 5.82 Å². The second-order valence-corrected chi connectivity index (χ2v) is 5.09. The Kier molecular flexibility index (Phi) is 4.24. The van der Waals surface area contributed by atoms with Crippen molar-refractivity contribution in [3.63, 3.8) is 0 Å². The van der Waals surface area contributed by atoms with E-state index in [1.165, 1.54) is 12.8 Å². The molecule has 3 nitrogen and oxygen atoms in total. The Labute approximate surface area is 108 Å². The van der Waals surface area contributed by atoms with Gasteiger partial charge in [-0.2, -0.15) is 0 Å². The number of nitrogens with zero attached hydrogens (tertiary/aromatic N) is 3. The van der Waals surface area contributed by atoms with E-state index in [-0.39, 0.29) is 0 Å². The molecule has 1 saturated heterocycles. The van der Waals surface area contributed by atoms with E-state index < -0.39 is 0 Å². The molecule has 1 aromatic heterocycles. The topological polar surface area (TPSA) is 19.4 Å². The average Bonchev–Trinajstić information content (AvgIpc) is 2.39. The predicted octanol–water partition coefficient (Wildman–Crippen LogP) is 2.35. The molecule has 0 spiro atoms. The molecule has 0 N–H and O–H groups in total. The molecule has 0 aliphatic carbocycles. The van der Waals surface area contributed by atoms with Crippen LogP contribution in [0, 0.1) is 0 Å². The number of rotatable bonds is 3. The summed E-state index contributed by atoms with van der Waals surface area (Å²) in [6.07, 6.45) is 4.35. The summed E-state index contributed by atoms with van der Waals surface area (Å²) in [5, 5.41) is 0. The van der Waals surface area contributed by atoms with E-state index >= 15 is 0 Å². The van der Waals surface area contributed by atoms with Gasteiger partial charge in [0.1, 0.15) is 5.82 Å². The highest BCUT2D eigenvalue weighted by Crippen LogP contribution is 2.24.